The Morgan fingerprint density at radius 3 is 1.33 bits per heavy atom. The molecule has 0 radical (unpaired) electrons. The maximum absolute atomic E-state index is 2.51. The predicted molar refractivity (Wildman–Crippen MR) is 277 cm³/mol. The lowest BCUT2D eigenvalue weighted by atomic mass is 9.70. The summed E-state index contributed by atoms with van der Waals surface area (Å²) in [6.07, 6.45) is 0. The van der Waals surface area contributed by atoms with Crippen molar-refractivity contribution in [2.24, 2.45) is 0 Å². The summed E-state index contributed by atoms with van der Waals surface area (Å²) in [6.45, 7) is 0. The number of hydrogen-bond acceptors (Lipinski definition) is 1. The van der Waals surface area contributed by atoms with Crippen molar-refractivity contribution in [2.45, 2.75) is 5.41 Å². The SMILES string of the molecule is c1ccc(-c2ccccc2-c2c(-c3ccccc3)cccc2-c2ccccc2N(c2ccc3c(c2)C2(c4ccccc4-c4ccccc42)c2ccccc2-3)c2ccc3ccccc3c2)cc1. The second-order valence-electron chi connectivity index (χ2n) is 17.5. The van der Waals surface area contributed by atoms with Crippen LogP contribution < -0.4 is 4.90 Å². The van der Waals surface area contributed by atoms with Gasteiger partial charge in [-0.1, -0.05) is 231 Å². The number of para-hydroxylation sites is 1. The zero-order valence-electron chi connectivity index (χ0n) is 36.3. The van der Waals surface area contributed by atoms with Crippen LogP contribution in [0.25, 0.3) is 77.5 Å². The summed E-state index contributed by atoms with van der Waals surface area (Å²) < 4.78 is 0. The Morgan fingerprint density at radius 2 is 0.682 bits per heavy atom. The van der Waals surface area contributed by atoms with Gasteiger partial charge < -0.3 is 4.90 Å². The van der Waals surface area contributed by atoms with Crippen LogP contribution >= 0.6 is 0 Å². The van der Waals surface area contributed by atoms with Crippen LogP contribution in [0.5, 0.6) is 0 Å². The number of anilines is 3. The van der Waals surface area contributed by atoms with Gasteiger partial charge in [0.2, 0.25) is 0 Å². The Bertz CT molecular complexity index is 3590. The molecule has 0 aliphatic heterocycles. The van der Waals surface area contributed by atoms with E-state index >= 15 is 0 Å². The molecule has 0 saturated carbocycles. The van der Waals surface area contributed by atoms with E-state index in [0.717, 1.165) is 22.6 Å². The molecule has 11 aromatic carbocycles. The van der Waals surface area contributed by atoms with E-state index in [9.17, 15) is 0 Å². The first-order valence-corrected chi connectivity index (χ1v) is 22.9. The highest BCUT2D eigenvalue weighted by atomic mass is 15.1. The molecule has 1 spiro atoms. The van der Waals surface area contributed by atoms with E-state index in [2.05, 4.69) is 266 Å². The van der Waals surface area contributed by atoms with Gasteiger partial charge >= 0.3 is 0 Å². The van der Waals surface area contributed by atoms with Crippen molar-refractivity contribution in [2.75, 3.05) is 4.90 Å². The third-order valence-electron chi connectivity index (χ3n) is 14.1. The van der Waals surface area contributed by atoms with Crippen LogP contribution in [0.1, 0.15) is 22.3 Å². The zero-order chi connectivity index (χ0) is 43.6. The minimum absolute atomic E-state index is 0.470. The normalized spacial score (nSPS) is 12.7. The van der Waals surface area contributed by atoms with E-state index in [1.165, 1.54) is 94.2 Å². The van der Waals surface area contributed by atoms with Crippen molar-refractivity contribution in [3.8, 4) is 66.8 Å². The first-order valence-electron chi connectivity index (χ1n) is 22.9. The summed E-state index contributed by atoms with van der Waals surface area (Å²) in [5, 5.41) is 2.41. The minimum atomic E-state index is -0.470. The Kier molecular flexibility index (Phi) is 8.82. The van der Waals surface area contributed by atoms with Crippen LogP contribution in [0.4, 0.5) is 17.1 Å². The molecular weight excluding hydrogens is 795 g/mol. The Hall–Kier alpha value is -8.52. The molecule has 66 heavy (non-hydrogen) atoms. The standard InChI is InChI=1S/C65H43N/c1-3-21-45(22-4-1)50-26-9-10-31-57(50)64-51(46-23-5-2-6-24-46)32-19-33-58(64)56-30-14-18-37-63(56)66(48-39-38-44-20-7-8-25-47(44)42-48)49-40-41-55-54-29-13-17-36-61(54)65(62(55)43-49)59-34-15-11-27-52(59)53-28-12-16-35-60(53)65/h1-43H. The molecule has 308 valence electrons. The van der Waals surface area contributed by atoms with Gasteiger partial charge in [0.1, 0.15) is 0 Å². The van der Waals surface area contributed by atoms with E-state index in [4.69, 9.17) is 0 Å². The molecule has 0 atom stereocenters. The molecular formula is C65H43N. The first kappa shape index (κ1) is 38.0. The lowest BCUT2D eigenvalue weighted by Gasteiger charge is -2.33. The molecule has 1 heteroatoms. The van der Waals surface area contributed by atoms with Crippen LogP contribution in [-0.2, 0) is 5.41 Å². The van der Waals surface area contributed by atoms with Crippen molar-refractivity contribution in [1.29, 1.82) is 0 Å². The lowest BCUT2D eigenvalue weighted by Crippen LogP contribution is -2.26. The van der Waals surface area contributed by atoms with Crippen LogP contribution in [0, 0.1) is 0 Å². The molecule has 1 nitrogen and oxygen atoms in total. The molecule has 0 fully saturated rings. The third kappa shape index (κ3) is 5.73. The van der Waals surface area contributed by atoms with Gasteiger partial charge in [0.15, 0.2) is 0 Å². The maximum atomic E-state index is 2.51. The van der Waals surface area contributed by atoms with Gasteiger partial charge in [-0.2, -0.15) is 0 Å². The highest BCUT2D eigenvalue weighted by Gasteiger charge is 2.51. The summed E-state index contributed by atoms with van der Waals surface area (Å²) in [5.41, 5.74) is 22.8. The number of hydrogen-bond donors (Lipinski definition) is 0. The van der Waals surface area contributed by atoms with Gasteiger partial charge in [0.05, 0.1) is 11.1 Å². The van der Waals surface area contributed by atoms with E-state index in [1.807, 2.05) is 0 Å². The molecule has 0 N–H and O–H groups in total. The molecule has 13 rings (SSSR count). The second-order valence-corrected chi connectivity index (χ2v) is 17.5. The molecule has 0 bridgehead atoms. The Balaban J connectivity index is 1.09. The highest BCUT2D eigenvalue weighted by molar-refractivity contribution is 6.04. The van der Waals surface area contributed by atoms with Gasteiger partial charge in [-0.15, -0.1) is 0 Å². The Labute approximate surface area is 386 Å². The van der Waals surface area contributed by atoms with Crippen molar-refractivity contribution < 1.29 is 0 Å². The fourth-order valence-corrected chi connectivity index (χ4v) is 11.4. The molecule has 2 aliphatic rings. The highest BCUT2D eigenvalue weighted by Crippen LogP contribution is 2.63. The molecule has 0 aromatic heterocycles. The third-order valence-corrected chi connectivity index (χ3v) is 14.1. The average molecular weight is 838 g/mol. The van der Waals surface area contributed by atoms with Crippen LogP contribution in [0.2, 0.25) is 0 Å². The number of benzene rings is 11. The minimum Gasteiger partial charge on any atom is -0.310 e. The van der Waals surface area contributed by atoms with Crippen LogP contribution in [0.15, 0.2) is 261 Å². The first-order chi connectivity index (χ1) is 32.8. The smallest absolute Gasteiger partial charge is 0.0726 e. The van der Waals surface area contributed by atoms with Crippen molar-refractivity contribution in [3.63, 3.8) is 0 Å². The number of rotatable bonds is 7. The van der Waals surface area contributed by atoms with E-state index in [0.29, 0.717) is 0 Å². The van der Waals surface area contributed by atoms with Gasteiger partial charge in [0.25, 0.3) is 0 Å². The second kappa shape index (κ2) is 15.3. The summed E-state index contributed by atoms with van der Waals surface area (Å²) in [7, 11) is 0. The maximum Gasteiger partial charge on any atom is 0.0726 e. The molecule has 0 amide bonds. The average Bonchev–Trinajstić information content (AvgIpc) is 3.86. The fraction of sp³-hybridized carbons (Fsp3) is 0.0154. The fourth-order valence-electron chi connectivity index (χ4n) is 11.4. The predicted octanol–water partition coefficient (Wildman–Crippen LogP) is 17.3. The van der Waals surface area contributed by atoms with E-state index < -0.39 is 5.41 Å². The summed E-state index contributed by atoms with van der Waals surface area (Å²) in [4.78, 5) is 2.51. The molecule has 0 heterocycles. The zero-order valence-corrected chi connectivity index (χ0v) is 36.3. The van der Waals surface area contributed by atoms with Gasteiger partial charge in [-0.05, 0) is 125 Å². The quantitative estimate of drug-likeness (QED) is 0.155. The number of fused-ring (bicyclic) bond motifs is 11. The van der Waals surface area contributed by atoms with Crippen molar-refractivity contribution in [3.05, 3.63) is 283 Å². The van der Waals surface area contributed by atoms with Gasteiger partial charge in [0, 0.05) is 16.9 Å². The Morgan fingerprint density at radius 1 is 0.242 bits per heavy atom. The molecule has 2 aliphatic carbocycles. The van der Waals surface area contributed by atoms with Crippen LogP contribution in [0.3, 0.4) is 0 Å². The van der Waals surface area contributed by atoms with Crippen LogP contribution in [-0.4, -0.2) is 0 Å². The lowest BCUT2D eigenvalue weighted by molar-refractivity contribution is 0.793. The van der Waals surface area contributed by atoms with Gasteiger partial charge in [-0.3, -0.25) is 0 Å². The van der Waals surface area contributed by atoms with Crippen molar-refractivity contribution in [1.82, 2.24) is 0 Å². The summed E-state index contributed by atoms with van der Waals surface area (Å²) in [5.74, 6) is 0. The molecule has 0 saturated heterocycles. The summed E-state index contributed by atoms with van der Waals surface area (Å²) in [6, 6.07) is 96.5. The van der Waals surface area contributed by atoms with Crippen molar-refractivity contribution >= 4 is 27.8 Å². The van der Waals surface area contributed by atoms with Gasteiger partial charge in [-0.25, -0.2) is 0 Å². The monoisotopic (exact) mass is 837 g/mol. The number of nitrogens with zero attached hydrogens (tertiary/aromatic N) is 1. The molecule has 0 unspecified atom stereocenters. The largest absolute Gasteiger partial charge is 0.310 e. The summed E-state index contributed by atoms with van der Waals surface area (Å²) >= 11 is 0. The van der Waals surface area contributed by atoms with E-state index in [1.54, 1.807) is 0 Å². The van der Waals surface area contributed by atoms with E-state index in [-0.39, 0.29) is 0 Å². The molecule has 11 aromatic rings. The topological polar surface area (TPSA) is 3.24 Å².